The number of carbonyl (C=O) groups is 3. The second-order valence-electron chi connectivity index (χ2n) is 6.90. The van der Waals surface area contributed by atoms with Gasteiger partial charge in [0.05, 0.1) is 17.1 Å². The Balaban J connectivity index is 2.15. The number of esters is 1. The van der Waals surface area contributed by atoms with Crippen LogP contribution < -0.4 is 10.5 Å². The molecular weight excluding hydrogens is 426 g/mol. The van der Waals surface area contributed by atoms with Gasteiger partial charge in [0.1, 0.15) is 5.69 Å². The summed E-state index contributed by atoms with van der Waals surface area (Å²) in [6.07, 6.45) is 1.39. The highest BCUT2D eigenvalue weighted by Gasteiger charge is 2.27. The van der Waals surface area contributed by atoms with Crippen LogP contribution in [0.1, 0.15) is 46.2 Å². The maximum absolute atomic E-state index is 12.5. The number of anilines is 1. The average Bonchev–Trinajstić information content (AvgIpc) is 3.16. The Morgan fingerprint density at radius 1 is 1.29 bits per heavy atom. The number of hydrogen-bond donors (Lipinski definition) is 4. The third-order valence-corrected chi connectivity index (χ3v) is 5.78. The number of aromatic amines is 1. The number of carbonyl (C=O) groups excluding carboxylic acids is 2. The van der Waals surface area contributed by atoms with Gasteiger partial charge in [-0.1, -0.05) is 0 Å². The van der Waals surface area contributed by atoms with Gasteiger partial charge in [0.2, 0.25) is 10.0 Å². The van der Waals surface area contributed by atoms with Crippen LogP contribution >= 0.6 is 0 Å². The summed E-state index contributed by atoms with van der Waals surface area (Å²) in [5.74, 6) is -2.09. The van der Waals surface area contributed by atoms with E-state index in [-0.39, 0.29) is 35.6 Å². The fraction of sp³-hybridized carbons (Fsp3) is 0.250. The number of amides is 1. The fourth-order valence-electron chi connectivity index (χ4n) is 3.37. The normalized spacial score (nSPS) is 14.4. The highest BCUT2D eigenvalue weighted by molar-refractivity contribution is 7.89. The average molecular weight is 447 g/mol. The van der Waals surface area contributed by atoms with Gasteiger partial charge < -0.3 is 20.1 Å². The van der Waals surface area contributed by atoms with Crippen molar-refractivity contribution in [1.29, 1.82) is 0 Å². The zero-order valence-electron chi connectivity index (χ0n) is 16.8. The van der Waals surface area contributed by atoms with Crippen molar-refractivity contribution in [1.82, 2.24) is 4.98 Å². The fourth-order valence-corrected chi connectivity index (χ4v) is 3.91. The molecule has 0 atom stereocenters. The minimum Gasteiger partial charge on any atom is -0.481 e. The van der Waals surface area contributed by atoms with Crippen molar-refractivity contribution in [3.8, 4) is 0 Å². The Kier molecular flexibility index (Phi) is 6.00. The number of aliphatic carboxylic acids is 1. The van der Waals surface area contributed by atoms with Gasteiger partial charge in [-0.3, -0.25) is 9.59 Å². The Morgan fingerprint density at radius 2 is 2.00 bits per heavy atom. The van der Waals surface area contributed by atoms with E-state index < -0.39 is 27.9 Å². The first-order valence-electron chi connectivity index (χ1n) is 9.33. The molecule has 5 N–H and O–H groups in total. The molecule has 0 aliphatic carbocycles. The third-order valence-electron chi connectivity index (χ3n) is 4.87. The maximum Gasteiger partial charge on any atom is 0.355 e. The second kappa shape index (κ2) is 8.36. The molecule has 0 radical (unpaired) electrons. The van der Waals surface area contributed by atoms with Crippen molar-refractivity contribution >= 4 is 45.2 Å². The molecule has 0 unspecified atom stereocenters. The largest absolute Gasteiger partial charge is 0.481 e. The van der Waals surface area contributed by atoms with Crippen molar-refractivity contribution in [2.24, 2.45) is 5.14 Å². The van der Waals surface area contributed by atoms with Gasteiger partial charge in [-0.2, -0.15) is 0 Å². The molecule has 1 aliphatic heterocycles. The molecule has 3 rings (SSSR count). The molecule has 1 aromatic carbocycles. The number of nitrogens with one attached hydrogen (secondary N) is 2. The van der Waals surface area contributed by atoms with Crippen LogP contribution in [0, 0.1) is 6.92 Å². The minimum atomic E-state index is -3.99. The molecule has 2 heterocycles. The number of aromatic nitrogens is 1. The van der Waals surface area contributed by atoms with Crippen LogP contribution in [0.4, 0.5) is 5.69 Å². The Labute approximate surface area is 178 Å². The van der Waals surface area contributed by atoms with Crippen LogP contribution in [0.25, 0.3) is 11.6 Å². The van der Waals surface area contributed by atoms with Crippen LogP contribution in [-0.2, 0) is 30.8 Å². The number of nitrogens with two attached hydrogens (primary N) is 1. The van der Waals surface area contributed by atoms with E-state index in [4.69, 9.17) is 15.0 Å². The van der Waals surface area contributed by atoms with E-state index in [1.54, 1.807) is 13.8 Å². The van der Waals surface area contributed by atoms with Crippen molar-refractivity contribution in [2.45, 2.75) is 31.6 Å². The summed E-state index contributed by atoms with van der Waals surface area (Å²) in [5.41, 5.74) is 2.46. The predicted molar refractivity (Wildman–Crippen MR) is 112 cm³/mol. The standard InChI is InChI=1S/C20H21N3O7S/c1-3-30-20(27)18-10(2)12(5-7-17(24)25)16(22-18)9-14-13-8-11(31(21,28)29)4-6-15(13)23-19(14)26/h4,6,8-9,22H,3,5,7H2,1-2H3,(H,23,26)(H,24,25)(H2,21,28,29). The number of carboxylic acid groups (broad SMARTS) is 1. The van der Waals surface area contributed by atoms with E-state index in [0.29, 0.717) is 28.1 Å². The van der Waals surface area contributed by atoms with Crippen molar-refractivity contribution in [3.63, 3.8) is 0 Å². The lowest BCUT2D eigenvalue weighted by atomic mass is 10.0. The van der Waals surface area contributed by atoms with E-state index in [1.807, 2.05) is 0 Å². The SMILES string of the molecule is CCOC(=O)c1[nH]c(C=C2C(=O)Nc3ccc(S(N)(=O)=O)cc32)c(CCC(=O)O)c1C. The number of ether oxygens (including phenoxy) is 1. The molecule has 0 saturated heterocycles. The number of hydrogen-bond acceptors (Lipinski definition) is 6. The summed E-state index contributed by atoms with van der Waals surface area (Å²) in [6.45, 7) is 3.47. The van der Waals surface area contributed by atoms with E-state index in [1.165, 1.54) is 24.3 Å². The molecule has 11 heteroatoms. The highest BCUT2D eigenvalue weighted by Crippen LogP contribution is 2.35. The van der Waals surface area contributed by atoms with Gasteiger partial charge in [-0.05, 0) is 55.7 Å². The Bertz CT molecular complexity index is 1230. The molecular formula is C20H21N3O7S. The number of benzene rings is 1. The van der Waals surface area contributed by atoms with Crippen molar-refractivity contribution < 1.29 is 32.6 Å². The first kappa shape index (κ1) is 22.2. The molecule has 1 aliphatic rings. The molecule has 0 spiro atoms. The van der Waals surface area contributed by atoms with Crippen molar-refractivity contribution in [2.75, 3.05) is 11.9 Å². The van der Waals surface area contributed by atoms with Crippen LogP contribution in [0.3, 0.4) is 0 Å². The lowest BCUT2D eigenvalue weighted by molar-refractivity contribution is -0.137. The molecule has 0 saturated carbocycles. The quantitative estimate of drug-likeness (QED) is 0.369. The first-order chi connectivity index (χ1) is 14.5. The van der Waals surface area contributed by atoms with Gasteiger partial charge in [0, 0.05) is 23.4 Å². The van der Waals surface area contributed by atoms with Crippen LogP contribution in [0.15, 0.2) is 23.1 Å². The Morgan fingerprint density at radius 3 is 2.61 bits per heavy atom. The first-order valence-corrected chi connectivity index (χ1v) is 10.9. The van der Waals surface area contributed by atoms with Gasteiger partial charge in [-0.25, -0.2) is 18.4 Å². The van der Waals surface area contributed by atoms with E-state index in [0.717, 1.165) is 0 Å². The molecule has 164 valence electrons. The van der Waals surface area contributed by atoms with E-state index in [9.17, 15) is 22.8 Å². The van der Waals surface area contributed by atoms with E-state index in [2.05, 4.69) is 10.3 Å². The number of rotatable bonds is 7. The molecule has 1 aromatic heterocycles. The number of fused-ring (bicyclic) bond motifs is 1. The second-order valence-corrected chi connectivity index (χ2v) is 8.46. The summed E-state index contributed by atoms with van der Waals surface area (Å²) in [5, 5.41) is 16.9. The topological polar surface area (TPSA) is 169 Å². The molecule has 10 nitrogen and oxygen atoms in total. The van der Waals surface area contributed by atoms with Gasteiger partial charge in [0.25, 0.3) is 5.91 Å². The zero-order valence-corrected chi connectivity index (χ0v) is 17.6. The lowest BCUT2D eigenvalue weighted by Crippen LogP contribution is -2.12. The summed E-state index contributed by atoms with van der Waals surface area (Å²) in [6, 6.07) is 4.00. The summed E-state index contributed by atoms with van der Waals surface area (Å²) >= 11 is 0. The van der Waals surface area contributed by atoms with E-state index >= 15 is 0 Å². The number of primary sulfonamides is 1. The number of carboxylic acids is 1. The molecule has 2 aromatic rings. The number of H-pyrrole nitrogens is 1. The smallest absolute Gasteiger partial charge is 0.355 e. The van der Waals surface area contributed by atoms with Crippen LogP contribution in [0.2, 0.25) is 0 Å². The lowest BCUT2D eigenvalue weighted by Gasteiger charge is -2.04. The Hall–Kier alpha value is -3.44. The zero-order chi connectivity index (χ0) is 22.9. The van der Waals surface area contributed by atoms with Gasteiger partial charge in [0.15, 0.2) is 0 Å². The minimum absolute atomic E-state index is 0.113. The van der Waals surface area contributed by atoms with Crippen molar-refractivity contribution in [3.05, 3.63) is 46.3 Å². The number of sulfonamides is 1. The summed E-state index contributed by atoms with van der Waals surface area (Å²) in [4.78, 5) is 38.7. The molecule has 0 bridgehead atoms. The van der Waals surface area contributed by atoms with Gasteiger partial charge >= 0.3 is 11.9 Å². The molecule has 1 amide bonds. The third kappa shape index (κ3) is 4.52. The predicted octanol–water partition coefficient (Wildman–Crippen LogP) is 1.66. The summed E-state index contributed by atoms with van der Waals surface area (Å²) in [7, 11) is -3.99. The highest BCUT2D eigenvalue weighted by atomic mass is 32.2. The summed E-state index contributed by atoms with van der Waals surface area (Å²) < 4.78 is 28.4. The van der Waals surface area contributed by atoms with Gasteiger partial charge in [-0.15, -0.1) is 0 Å². The van der Waals surface area contributed by atoms with Crippen LogP contribution in [-0.4, -0.2) is 43.0 Å². The molecule has 0 fully saturated rings. The monoisotopic (exact) mass is 447 g/mol. The molecule has 31 heavy (non-hydrogen) atoms. The maximum atomic E-state index is 12.5. The van der Waals surface area contributed by atoms with Crippen LogP contribution in [0.5, 0.6) is 0 Å².